The van der Waals surface area contributed by atoms with Crippen LogP contribution in [-0.2, 0) is 13.1 Å². The second-order valence-corrected chi connectivity index (χ2v) is 4.37. The number of benzene rings is 1. The minimum Gasteiger partial charge on any atom is -0.326 e. The van der Waals surface area contributed by atoms with Crippen LogP contribution in [0.5, 0.6) is 0 Å². The van der Waals surface area contributed by atoms with Crippen LogP contribution in [0.15, 0.2) is 35.1 Å². The van der Waals surface area contributed by atoms with E-state index in [2.05, 4.69) is 21.0 Å². The third-order valence-electron chi connectivity index (χ3n) is 2.31. The van der Waals surface area contributed by atoms with Crippen molar-refractivity contribution in [2.75, 3.05) is 0 Å². The molecule has 2 rings (SSSR count). The Labute approximate surface area is 101 Å². The summed E-state index contributed by atoms with van der Waals surface area (Å²) in [4.78, 5) is 0. The second kappa shape index (κ2) is 4.76. The standard InChI is InChI=1S/C11H11BrFN3/c12-10-5-15-16(7-10)6-9-3-1-2-8(4-14)11(9)13/h1-3,5,7H,4,6,14H2. The van der Waals surface area contributed by atoms with Gasteiger partial charge in [-0.1, -0.05) is 18.2 Å². The quantitative estimate of drug-likeness (QED) is 0.939. The summed E-state index contributed by atoms with van der Waals surface area (Å²) in [6.07, 6.45) is 3.47. The molecule has 1 heterocycles. The Morgan fingerprint density at radius 2 is 2.12 bits per heavy atom. The molecule has 3 nitrogen and oxygen atoms in total. The predicted octanol–water partition coefficient (Wildman–Crippen LogP) is 2.29. The highest BCUT2D eigenvalue weighted by atomic mass is 79.9. The third-order valence-corrected chi connectivity index (χ3v) is 2.72. The van der Waals surface area contributed by atoms with Crippen molar-refractivity contribution in [2.24, 2.45) is 5.73 Å². The van der Waals surface area contributed by atoms with Crippen molar-refractivity contribution < 1.29 is 4.39 Å². The first-order chi connectivity index (χ1) is 7.70. The average molecular weight is 284 g/mol. The molecule has 1 aromatic carbocycles. The molecule has 0 saturated carbocycles. The largest absolute Gasteiger partial charge is 0.326 e. The van der Waals surface area contributed by atoms with Crippen molar-refractivity contribution in [3.63, 3.8) is 0 Å². The number of hydrogen-bond acceptors (Lipinski definition) is 2. The molecule has 0 radical (unpaired) electrons. The molecular weight excluding hydrogens is 273 g/mol. The minimum atomic E-state index is -0.239. The molecule has 0 aliphatic heterocycles. The zero-order valence-electron chi connectivity index (χ0n) is 8.53. The fourth-order valence-corrected chi connectivity index (χ4v) is 1.84. The van der Waals surface area contributed by atoms with Crippen molar-refractivity contribution in [2.45, 2.75) is 13.1 Å². The van der Waals surface area contributed by atoms with Crippen LogP contribution >= 0.6 is 15.9 Å². The van der Waals surface area contributed by atoms with Gasteiger partial charge < -0.3 is 5.73 Å². The summed E-state index contributed by atoms with van der Waals surface area (Å²) in [6.45, 7) is 0.619. The van der Waals surface area contributed by atoms with Gasteiger partial charge in [0.2, 0.25) is 0 Å². The van der Waals surface area contributed by atoms with E-state index in [1.165, 1.54) is 0 Å². The summed E-state index contributed by atoms with van der Waals surface area (Å²) in [5.74, 6) is -0.239. The van der Waals surface area contributed by atoms with Gasteiger partial charge >= 0.3 is 0 Å². The van der Waals surface area contributed by atoms with Crippen molar-refractivity contribution in [3.05, 3.63) is 52.0 Å². The minimum absolute atomic E-state index is 0.211. The number of rotatable bonds is 3. The maximum atomic E-state index is 13.8. The van der Waals surface area contributed by atoms with E-state index >= 15 is 0 Å². The van der Waals surface area contributed by atoms with Crippen LogP contribution in [0.4, 0.5) is 4.39 Å². The third kappa shape index (κ3) is 2.31. The van der Waals surface area contributed by atoms with Gasteiger partial charge in [-0.05, 0) is 15.9 Å². The Morgan fingerprint density at radius 3 is 2.75 bits per heavy atom. The van der Waals surface area contributed by atoms with Gasteiger partial charge in [-0.15, -0.1) is 0 Å². The van der Waals surface area contributed by atoms with E-state index in [4.69, 9.17) is 5.73 Å². The number of aromatic nitrogens is 2. The molecule has 0 amide bonds. The summed E-state index contributed by atoms with van der Waals surface area (Å²) in [7, 11) is 0. The van der Waals surface area contributed by atoms with Crippen LogP contribution in [0.3, 0.4) is 0 Å². The fourth-order valence-electron chi connectivity index (χ4n) is 1.51. The van der Waals surface area contributed by atoms with Crippen LogP contribution in [0.2, 0.25) is 0 Å². The van der Waals surface area contributed by atoms with Crippen LogP contribution in [-0.4, -0.2) is 9.78 Å². The monoisotopic (exact) mass is 283 g/mol. The van der Waals surface area contributed by atoms with E-state index in [-0.39, 0.29) is 12.4 Å². The highest BCUT2D eigenvalue weighted by Gasteiger charge is 2.07. The molecule has 0 saturated heterocycles. The zero-order valence-corrected chi connectivity index (χ0v) is 10.1. The lowest BCUT2D eigenvalue weighted by Crippen LogP contribution is -2.06. The Morgan fingerprint density at radius 1 is 1.38 bits per heavy atom. The normalized spacial score (nSPS) is 10.7. The van der Waals surface area contributed by atoms with Gasteiger partial charge in [-0.3, -0.25) is 4.68 Å². The molecule has 2 aromatic rings. The maximum absolute atomic E-state index is 13.8. The van der Waals surface area contributed by atoms with Crippen molar-refractivity contribution in [1.29, 1.82) is 0 Å². The lowest BCUT2D eigenvalue weighted by atomic mass is 10.1. The molecule has 84 valence electrons. The summed E-state index contributed by atoms with van der Waals surface area (Å²) < 4.78 is 16.4. The first-order valence-electron chi connectivity index (χ1n) is 4.85. The molecule has 0 fully saturated rings. The molecule has 0 aliphatic carbocycles. The molecule has 0 atom stereocenters. The first-order valence-corrected chi connectivity index (χ1v) is 5.64. The molecular formula is C11H11BrFN3. The van der Waals surface area contributed by atoms with Crippen molar-refractivity contribution >= 4 is 15.9 Å². The lowest BCUT2D eigenvalue weighted by Gasteiger charge is -2.06. The molecule has 0 spiro atoms. The second-order valence-electron chi connectivity index (χ2n) is 3.45. The number of nitrogens with two attached hydrogens (primary N) is 1. The topological polar surface area (TPSA) is 43.8 Å². The first kappa shape index (κ1) is 11.3. The van der Waals surface area contributed by atoms with Gasteiger partial charge in [0.05, 0.1) is 17.2 Å². The Balaban J connectivity index is 2.28. The van der Waals surface area contributed by atoms with Gasteiger partial charge in [0, 0.05) is 23.9 Å². The number of hydrogen-bond donors (Lipinski definition) is 1. The molecule has 0 aliphatic rings. The predicted molar refractivity (Wildman–Crippen MR) is 63.3 cm³/mol. The number of nitrogens with zero attached hydrogens (tertiary/aromatic N) is 2. The Kier molecular flexibility index (Phi) is 3.36. The maximum Gasteiger partial charge on any atom is 0.132 e. The molecule has 1 aromatic heterocycles. The average Bonchev–Trinajstić information content (AvgIpc) is 2.67. The molecule has 0 unspecified atom stereocenters. The number of halogens is 2. The molecule has 16 heavy (non-hydrogen) atoms. The smallest absolute Gasteiger partial charge is 0.132 e. The van der Waals surface area contributed by atoms with Crippen LogP contribution < -0.4 is 5.73 Å². The van der Waals surface area contributed by atoms with Crippen LogP contribution in [0.25, 0.3) is 0 Å². The van der Waals surface area contributed by atoms with Gasteiger partial charge in [0.25, 0.3) is 0 Å². The van der Waals surface area contributed by atoms with E-state index in [1.54, 1.807) is 35.3 Å². The van der Waals surface area contributed by atoms with E-state index in [1.807, 2.05) is 0 Å². The SMILES string of the molecule is NCc1cccc(Cn2cc(Br)cn2)c1F. The van der Waals surface area contributed by atoms with E-state index in [0.29, 0.717) is 17.7 Å². The van der Waals surface area contributed by atoms with E-state index in [9.17, 15) is 4.39 Å². The van der Waals surface area contributed by atoms with Crippen LogP contribution in [0.1, 0.15) is 11.1 Å². The fraction of sp³-hybridized carbons (Fsp3) is 0.182. The Bertz CT molecular complexity index is 496. The zero-order chi connectivity index (χ0) is 11.5. The van der Waals surface area contributed by atoms with E-state index in [0.717, 1.165) is 4.47 Å². The van der Waals surface area contributed by atoms with Crippen molar-refractivity contribution in [1.82, 2.24) is 9.78 Å². The van der Waals surface area contributed by atoms with Gasteiger partial charge in [-0.2, -0.15) is 5.10 Å². The van der Waals surface area contributed by atoms with Gasteiger partial charge in [0.15, 0.2) is 0 Å². The molecule has 2 N–H and O–H groups in total. The summed E-state index contributed by atoms with van der Waals surface area (Å²) in [5.41, 5.74) is 6.57. The van der Waals surface area contributed by atoms with E-state index < -0.39 is 0 Å². The van der Waals surface area contributed by atoms with Crippen molar-refractivity contribution in [3.8, 4) is 0 Å². The highest BCUT2D eigenvalue weighted by Crippen LogP contribution is 2.15. The Hall–Kier alpha value is -1.20. The summed E-state index contributed by atoms with van der Waals surface area (Å²) >= 11 is 3.30. The summed E-state index contributed by atoms with van der Waals surface area (Å²) in [5, 5.41) is 4.08. The van der Waals surface area contributed by atoms with Gasteiger partial charge in [0.1, 0.15) is 5.82 Å². The summed E-state index contributed by atoms with van der Waals surface area (Å²) in [6, 6.07) is 5.24. The molecule has 5 heteroatoms. The lowest BCUT2D eigenvalue weighted by molar-refractivity contribution is 0.572. The molecule has 0 bridgehead atoms. The van der Waals surface area contributed by atoms with Gasteiger partial charge in [-0.25, -0.2) is 4.39 Å². The van der Waals surface area contributed by atoms with Crippen LogP contribution in [0, 0.1) is 5.82 Å². The highest BCUT2D eigenvalue weighted by molar-refractivity contribution is 9.10.